The fraction of sp³-hybridized carbons (Fsp3) is 0.476. The molecule has 12 heteroatoms. The van der Waals surface area contributed by atoms with Crippen molar-refractivity contribution in [3.8, 4) is 0 Å². The van der Waals surface area contributed by atoms with Crippen LogP contribution in [0.25, 0.3) is 0 Å². The highest BCUT2D eigenvalue weighted by Gasteiger charge is 2.32. The van der Waals surface area contributed by atoms with Crippen LogP contribution in [0.5, 0.6) is 0 Å². The van der Waals surface area contributed by atoms with Gasteiger partial charge in [-0.05, 0) is 27.7 Å². The Bertz CT molecular complexity index is 967. The van der Waals surface area contributed by atoms with Crippen LogP contribution in [-0.4, -0.2) is 72.1 Å². The topological polar surface area (TPSA) is 130 Å². The molecule has 0 aliphatic carbocycles. The van der Waals surface area contributed by atoms with E-state index in [2.05, 4.69) is 33.5 Å². The number of ether oxygens (including phenoxy) is 2. The summed E-state index contributed by atoms with van der Waals surface area (Å²) < 4.78 is 9.89. The molecule has 1 aromatic heterocycles. The first-order valence-electron chi connectivity index (χ1n) is 10.1. The Labute approximate surface area is 196 Å². The molecule has 1 aromatic rings. The summed E-state index contributed by atoms with van der Waals surface area (Å²) in [5.41, 5.74) is -1.02. The predicted octanol–water partition coefficient (Wildman–Crippen LogP) is 1.64. The summed E-state index contributed by atoms with van der Waals surface area (Å²) in [6.07, 6.45) is -0.361. The maximum absolute atomic E-state index is 12.5. The SMILES string of the molecule is C=C(NC(=O)c1csc(N2CCN(C(=O)OC(C)(C)C)[C@H](C)C2)n1)C(=O)NC(=C)C(=O)OC. The third kappa shape index (κ3) is 7.04. The van der Waals surface area contributed by atoms with Crippen LogP contribution in [0, 0.1) is 0 Å². The van der Waals surface area contributed by atoms with E-state index in [1.165, 1.54) is 11.3 Å². The second-order valence-corrected chi connectivity index (χ2v) is 9.18. The van der Waals surface area contributed by atoms with Crippen molar-refractivity contribution in [3.63, 3.8) is 0 Å². The third-order valence-electron chi connectivity index (χ3n) is 4.49. The van der Waals surface area contributed by atoms with Gasteiger partial charge in [-0.1, -0.05) is 13.2 Å². The molecule has 0 radical (unpaired) electrons. The number of esters is 1. The second kappa shape index (κ2) is 10.5. The van der Waals surface area contributed by atoms with E-state index in [0.29, 0.717) is 24.8 Å². The number of nitrogens with zero attached hydrogens (tertiary/aromatic N) is 3. The highest BCUT2D eigenvalue weighted by atomic mass is 32.1. The Morgan fingerprint density at radius 2 is 1.82 bits per heavy atom. The molecule has 1 saturated heterocycles. The molecule has 0 spiro atoms. The number of aromatic nitrogens is 1. The van der Waals surface area contributed by atoms with Crippen LogP contribution in [0.2, 0.25) is 0 Å². The summed E-state index contributed by atoms with van der Waals surface area (Å²) in [6.45, 7) is 15.8. The third-order valence-corrected chi connectivity index (χ3v) is 5.39. The molecule has 2 heterocycles. The van der Waals surface area contributed by atoms with Crippen LogP contribution in [0.1, 0.15) is 38.2 Å². The number of carbonyl (C=O) groups excluding carboxylic acids is 4. The van der Waals surface area contributed by atoms with Gasteiger partial charge < -0.3 is 29.9 Å². The summed E-state index contributed by atoms with van der Waals surface area (Å²) in [4.78, 5) is 56.2. The molecule has 2 N–H and O–H groups in total. The Kier molecular flexibility index (Phi) is 8.20. The van der Waals surface area contributed by atoms with Gasteiger partial charge >= 0.3 is 12.1 Å². The number of piperazine rings is 1. The predicted molar refractivity (Wildman–Crippen MR) is 123 cm³/mol. The van der Waals surface area contributed by atoms with E-state index in [9.17, 15) is 19.2 Å². The van der Waals surface area contributed by atoms with Crippen molar-refractivity contribution in [3.05, 3.63) is 35.6 Å². The van der Waals surface area contributed by atoms with Crippen LogP contribution in [0.3, 0.4) is 0 Å². The average Bonchev–Trinajstić information content (AvgIpc) is 3.21. The number of thiazole rings is 1. The standard InChI is InChI=1S/C21H29N5O6S/c1-12-10-25(8-9-26(12)20(30)32-21(4,5)6)19-24-15(11-33-19)17(28)22-13(2)16(27)23-14(3)18(29)31-7/h11-12H,2-3,8-10H2,1,4-7H3,(H,22,28)(H,23,27)/t12-/m1/s1. The van der Waals surface area contributed by atoms with Crippen molar-refractivity contribution in [2.75, 3.05) is 31.6 Å². The largest absolute Gasteiger partial charge is 0.464 e. The molecule has 0 unspecified atom stereocenters. The number of rotatable bonds is 6. The van der Waals surface area contributed by atoms with Gasteiger partial charge in [0.05, 0.1) is 12.8 Å². The second-order valence-electron chi connectivity index (χ2n) is 8.34. The van der Waals surface area contributed by atoms with Gasteiger partial charge in [-0.2, -0.15) is 0 Å². The normalized spacial score (nSPS) is 16.0. The fourth-order valence-electron chi connectivity index (χ4n) is 2.88. The van der Waals surface area contributed by atoms with E-state index in [1.807, 2.05) is 32.6 Å². The summed E-state index contributed by atoms with van der Waals surface area (Å²) >= 11 is 1.27. The molecular weight excluding hydrogens is 450 g/mol. The van der Waals surface area contributed by atoms with Crippen molar-refractivity contribution < 1.29 is 28.7 Å². The number of hydrogen-bond donors (Lipinski definition) is 2. The monoisotopic (exact) mass is 479 g/mol. The molecule has 0 saturated carbocycles. The molecular formula is C21H29N5O6S. The molecule has 1 fully saturated rings. The van der Waals surface area contributed by atoms with Gasteiger partial charge in [-0.15, -0.1) is 11.3 Å². The van der Waals surface area contributed by atoms with Gasteiger partial charge in [-0.3, -0.25) is 9.59 Å². The molecule has 3 amide bonds. The lowest BCUT2D eigenvalue weighted by Crippen LogP contribution is -2.55. The number of carbonyl (C=O) groups is 4. The number of nitrogens with one attached hydrogen (secondary N) is 2. The molecule has 0 aromatic carbocycles. The van der Waals surface area contributed by atoms with Crippen LogP contribution in [0.15, 0.2) is 29.9 Å². The minimum Gasteiger partial charge on any atom is -0.464 e. The first-order valence-corrected chi connectivity index (χ1v) is 11.0. The van der Waals surface area contributed by atoms with Crippen LogP contribution in [-0.2, 0) is 19.1 Å². The highest BCUT2D eigenvalue weighted by Crippen LogP contribution is 2.24. The molecule has 1 aliphatic heterocycles. The first-order chi connectivity index (χ1) is 15.3. The van der Waals surface area contributed by atoms with E-state index in [-0.39, 0.29) is 29.2 Å². The molecule has 2 rings (SSSR count). The van der Waals surface area contributed by atoms with Gasteiger partial charge in [0.25, 0.3) is 11.8 Å². The summed E-state index contributed by atoms with van der Waals surface area (Å²) in [7, 11) is 1.15. The lowest BCUT2D eigenvalue weighted by Gasteiger charge is -2.40. The zero-order valence-electron chi connectivity index (χ0n) is 19.4. The summed E-state index contributed by atoms with van der Waals surface area (Å²) in [6, 6.07) is -0.110. The summed E-state index contributed by atoms with van der Waals surface area (Å²) in [5, 5.41) is 6.71. The number of amides is 3. The minimum atomic E-state index is -0.812. The molecule has 180 valence electrons. The maximum atomic E-state index is 12.5. The van der Waals surface area contributed by atoms with E-state index in [0.717, 1.165) is 7.11 Å². The lowest BCUT2D eigenvalue weighted by molar-refractivity contribution is -0.137. The molecule has 0 bridgehead atoms. The van der Waals surface area contributed by atoms with E-state index < -0.39 is 23.4 Å². The van der Waals surface area contributed by atoms with Crippen LogP contribution in [0.4, 0.5) is 9.93 Å². The van der Waals surface area contributed by atoms with E-state index >= 15 is 0 Å². The van der Waals surface area contributed by atoms with E-state index in [1.54, 1.807) is 10.3 Å². The van der Waals surface area contributed by atoms with Crippen molar-refractivity contribution in [2.45, 2.75) is 39.3 Å². The smallest absolute Gasteiger partial charge is 0.410 e. The van der Waals surface area contributed by atoms with Gasteiger partial charge in [0.1, 0.15) is 17.0 Å². The molecule has 33 heavy (non-hydrogen) atoms. The van der Waals surface area contributed by atoms with Crippen molar-refractivity contribution in [1.82, 2.24) is 20.5 Å². The summed E-state index contributed by atoms with van der Waals surface area (Å²) in [5.74, 6) is -2.24. The van der Waals surface area contributed by atoms with Gasteiger partial charge in [0, 0.05) is 31.1 Å². The quantitative estimate of drug-likeness (QED) is 0.465. The maximum Gasteiger partial charge on any atom is 0.410 e. The average molecular weight is 480 g/mol. The van der Waals surface area contributed by atoms with Crippen molar-refractivity contribution >= 4 is 40.3 Å². The molecule has 1 atom stereocenters. The van der Waals surface area contributed by atoms with Gasteiger partial charge in [0.15, 0.2) is 5.13 Å². The van der Waals surface area contributed by atoms with Crippen LogP contribution < -0.4 is 15.5 Å². The Morgan fingerprint density at radius 1 is 1.15 bits per heavy atom. The van der Waals surface area contributed by atoms with Crippen molar-refractivity contribution in [2.24, 2.45) is 0 Å². The number of hydrogen-bond acceptors (Lipinski definition) is 9. The zero-order valence-corrected chi connectivity index (χ0v) is 20.2. The van der Waals surface area contributed by atoms with Gasteiger partial charge in [0.2, 0.25) is 0 Å². The van der Waals surface area contributed by atoms with Crippen molar-refractivity contribution in [1.29, 1.82) is 0 Å². The van der Waals surface area contributed by atoms with Gasteiger partial charge in [-0.25, -0.2) is 14.6 Å². The Morgan fingerprint density at radius 3 is 2.39 bits per heavy atom. The number of methoxy groups -OCH3 is 1. The first kappa shape index (κ1) is 25.8. The fourth-order valence-corrected chi connectivity index (χ4v) is 3.72. The van der Waals surface area contributed by atoms with E-state index in [4.69, 9.17) is 4.74 Å². The highest BCUT2D eigenvalue weighted by molar-refractivity contribution is 7.13. The van der Waals surface area contributed by atoms with Crippen LogP contribution >= 0.6 is 11.3 Å². The minimum absolute atomic E-state index is 0.109. The zero-order chi connectivity index (χ0) is 24.9. The Hall–Kier alpha value is -3.41. The molecule has 11 nitrogen and oxygen atoms in total. The molecule has 1 aliphatic rings. The lowest BCUT2D eigenvalue weighted by atomic mass is 10.2. The Balaban J connectivity index is 1.94. The number of anilines is 1.